The van der Waals surface area contributed by atoms with Crippen molar-refractivity contribution < 1.29 is 4.79 Å². The third-order valence-electron chi connectivity index (χ3n) is 2.84. The Balaban J connectivity index is 2.35. The van der Waals surface area contributed by atoms with E-state index >= 15 is 0 Å². The van der Waals surface area contributed by atoms with Gasteiger partial charge in [0.15, 0.2) is 0 Å². The molecule has 78 valence electrons. The van der Waals surface area contributed by atoms with Gasteiger partial charge in [0, 0.05) is 12.5 Å². The van der Waals surface area contributed by atoms with Gasteiger partial charge in [-0.25, -0.2) is 0 Å². The van der Waals surface area contributed by atoms with E-state index in [0.29, 0.717) is 6.54 Å². The molecule has 1 saturated carbocycles. The van der Waals surface area contributed by atoms with Gasteiger partial charge in [-0.1, -0.05) is 13.8 Å². The summed E-state index contributed by atoms with van der Waals surface area (Å²) in [6.07, 6.45) is 0.964. The minimum Gasteiger partial charge on any atom is -0.354 e. The molecule has 0 spiro atoms. The predicted molar refractivity (Wildman–Crippen MR) is 54.3 cm³/mol. The van der Waals surface area contributed by atoms with Crippen molar-refractivity contribution in [3.8, 4) is 6.07 Å². The van der Waals surface area contributed by atoms with Crippen LogP contribution in [0.5, 0.6) is 0 Å². The van der Waals surface area contributed by atoms with Crippen molar-refractivity contribution in [1.82, 2.24) is 5.32 Å². The van der Waals surface area contributed by atoms with Gasteiger partial charge in [0.05, 0.1) is 11.5 Å². The van der Waals surface area contributed by atoms with Crippen LogP contribution in [0.1, 0.15) is 34.1 Å². The average Bonchev–Trinajstić information content (AvgIpc) is 2.71. The minimum atomic E-state index is -0.464. The van der Waals surface area contributed by atoms with Gasteiger partial charge in [0.2, 0.25) is 5.91 Å². The molecule has 1 rings (SSSR count). The van der Waals surface area contributed by atoms with Crippen molar-refractivity contribution in [2.45, 2.75) is 34.1 Å². The van der Waals surface area contributed by atoms with Crippen LogP contribution in [0, 0.1) is 28.1 Å². The van der Waals surface area contributed by atoms with E-state index in [9.17, 15) is 4.79 Å². The zero-order valence-electron chi connectivity index (χ0n) is 9.35. The summed E-state index contributed by atoms with van der Waals surface area (Å²) in [5, 5.41) is 11.6. The highest BCUT2D eigenvalue weighted by molar-refractivity contribution is 5.82. The summed E-state index contributed by atoms with van der Waals surface area (Å²) in [7, 11) is 0. The first kappa shape index (κ1) is 11.0. The lowest BCUT2D eigenvalue weighted by Gasteiger charge is -2.16. The van der Waals surface area contributed by atoms with Crippen LogP contribution in [0.3, 0.4) is 0 Å². The van der Waals surface area contributed by atoms with E-state index in [4.69, 9.17) is 5.26 Å². The molecule has 0 heterocycles. The van der Waals surface area contributed by atoms with E-state index in [0.717, 1.165) is 6.42 Å². The number of hydrogen-bond acceptors (Lipinski definition) is 2. The van der Waals surface area contributed by atoms with Gasteiger partial charge in [-0.2, -0.15) is 5.26 Å². The van der Waals surface area contributed by atoms with Crippen LogP contribution in [-0.2, 0) is 4.79 Å². The molecule has 1 amide bonds. The molecule has 0 aromatic rings. The van der Waals surface area contributed by atoms with Gasteiger partial charge in [-0.15, -0.1) is 0 Å². The Labute approximate surface area is 85.5 Å². The second-order valence-electron chi connectivity index (χ2n) is 5.46. The van der Waals surface area contributed by atoms with E-state index in [-0.39, 0.29) is 17.2 Å². The normalized spacial score (nSPS) is 23.8. The zero-order chi connectivity index (χ0) is 11.0. The monoisotopic (exact) mass is 194 g/mol. The molecule has 0 bridgehead atoms. The molecule has 1 aliphatic rings. The van der Waals surface area contributed by atoms with Crippen LogP contribution < -0.4 is 5.32 Å². The number of nitriles is 1. The number of hydrogen-bond donors (Lipinski definition) is 1. The lowest BCUT2D eigenvalue weighted by molar-refractivity contribution is -0.123. The van der Waals surface area contributed by atoms with Gasteiger partial charge < -0.3 is 5.32 Å². The summed E-state index contributed by atoms with van der Waals surface area (Å²) in [6, 6.07) is 2.16. The molecule has 0 saturated heterocycles. The first-order valence-electron chi connectivity index (χ1n) is 4.97. The first-order valence-corrected chi connectivity index (χ1v) is 4.97. The van der Waals surface area contributed by atoms with E-state index < -0.39 is 5.41 Å². The van der Waals surface area contributed by atoms with Crippen molar-refractivity contribution in [2.75, 3.05) is 6.54 Å². The van der Waals surface area contributed by atoms with Crippen LogP contribution in [0.4, 0.5) is 0 Å². The van der Waals surface area contributed by atoms with Gasteiger partial charge in [-0.3, -0.25) is 4.79 Å². The number of carbonyl (C=O) groups is 1. The average molecular weight is 194 g/mol. The van der Waals surface area contributed by atoms with Crippen LogP contribution in [-0.4, -0.2) is 12.5 Å². The number of nitrogens with zero attached hydrogens (tertiary/aromatic N) is 1. The van der Waals surface area contributed by atoms with Gasteiger partial charge in [-0.05, 0) is 25.7 Å². The van der Waals surface area contributed by atoms with Gasteiger partial charge in [0.25, 0.3) is 0 Å². The second-order valence-corrected chi connectivity index (χ2v) is 5.46. The molecule has 0 aromatic carbocycles. The Morgan fingerprint density at radius 1 is 1.64 bits per heavy atom. The molecule has 14 heavy (non-hydrogen) atoms. The van der Waals surface area contributed by atoms with E-state index in [2.05, 4.69) is 25.2 Å². The molecular weight excluding hydrogens is 176 g/mol. The van der Waals surface area contributed by atoms with E-state index in [1.54, 1.807) is 0 Å². The van der Waals surface area contributed by atoms with Crippen molar-refractivity contribution in [3.63, 3.8) is 0 Å². The summed E-state index contributed by atoms with van der Waals surface area (Å²) < 4.78 is 0. The largest absolute Gasteiger partial charge is 0.354 e. The highest BCUT2D eigenvalue weighted by atomic mass is 16.2. The highest BCUT2D eigenvalue weighted by Gasteiger charge is 2.50. The van der Waals surface area contributed by atoms with Crippen molar-refractivity contribution in [3.05, 3.63) is 0 Å². The first-order chi connectivity index (χ1) is 6.28. The molecule has 0 aliphatic heterocycles. The quantitative estimate of drug-likeness (QED) is 0.743. The Hall–Kier alpha value is -1.04. The fraction of sp³-hybridized carbons (Fsp3) is 0.818. The topological polar surface area (TPSA) is 52.9 Å². The second kappa shape index (κ2) is 3.27. The minimum absolute atomic E-state index is 0.0957. The number of carbonyl (C=O) groups excluding carboxylic acids is 1. The SMILES string of the molecule is CC(C)(C#N)CNC(=O)C1CC1(C)C. The van der Waals surface area contributed by atoms with Crippen molar-refractivity contribution >= 4 is 5.91 Å². The number of rotatable bonds is 3. The lowest BCUT2D eigenvalue weighted by atomic mass is 9.96. The summed E-state index contributed by atoms with van der Waals surface area (Å²) in [5.41, 5.74) is -0.296. The summed E-state index contributed by atoms with van der Waals surface area (Å²) >= 11 is 0. The third-order valence-corrected chi connectivity index (χ3v) is 2.84. The van der Waals surface area contributed by atoms with Crippen LogP contribution in [0.25, 0.3) is 0 Å². The smallest absolute Gasteiger partial charge is 0.223 e. The molecule has 1 N–H and O–H groups in total. The molecule has 1 aliphatic carbocycles. The predicted octanol–water partition coefficient (Wildman–Crippen LogP) is 1.70. The maximum absolute atomic E-state index is 11.6. The van der Waals surface area contributed by atoms with E-state index in [1.807, 2.05) is 13.8 Å². The Morgan fingerprint density at radius 3 is 2.50 bits per heavy atom. The fourth-order valence-electron chi connectivity index (χ4n) is 1.39. The van der Waals surface area contributed by atoms with Crippen molar-refractivity contribution in [2.24, 2.45) is 16.7 Å². The fourth-order valence-corrected chi connectivity index (χ4v) is 1.39. The van der Waals surface area contributed by atoms with E-state index in [1.165, 1.54) is 0 Å². The Bertz CT molecular complexity index is 286. The molecule has 1 atom stereocenters. The summed E-state index contributed by atoms with van der Waals surface area (Å²) in [4.78, 5) is 11.6. The van der Waals surface area contributed by atoms with Gasteiger partial charge >= 0.3 is 0 Å². The highest BCUT2D eigenvalue weighted by Crippen LogP contribution is 2.51. The standard InChI is InChI=1S/C11H18N2O/c1-10(2,6-12)7-13-9(14)8-5-11(8,3)4/h8H,5,7H2,1-4H3,(H,13,14). The van der Waals surface area contributed by atoms with Gasteiger partial charge in [0.1, 0.15) is 0 Å². The molecular formula is C11H18N2O. The molecule has 1 fully saturated rings. The van der Waals surface area contributed by atoms with Crippen molar-refractivity contribution in [1.29, 1.82) is 5.26 Å². The maximum atomic E-state index is 11.6. The summed E-state index contributed by atoms with van der Waals surface area (Å²) in [5.74, 6) is 0.246. The molecule has 1 unspecified atom stereocenters. The Kier molecular flexibility index (Phi) is 2.58. The lowest BCUT2D eigenvalue weighted by Crippen LogP contribution is -2.34. The summed E-state index contributed by atoms with van der Waals surface area (Å²) in [6.45, 7) is 8.27. The van der Waals surface area contributed by atoms with Crippen LogP contribution in [0.2, 0.25) is 0 Å². The van der Waals surface area contributed by atoms with Crippen LogP contribution >= 0.6 is 0 Å². The molecule has 0 radical (unpaired) electrons. The third kappa shape index (κ3) is 2.47. The maximum Gasteiger partial charge on any atom is 0.223 e. The number of amides is 1. The molecule has 3 heteroatoms. The Morgan fingerprint density at radius 2 is 2.14 bits per heavy atom. The van der Waals surface area contributed by atoms with Crippen LogP contribution in [0.15, 0.2) is 0 Å². The molecule has 0 aromatic heterocycles. The molecule has 3 nitrogen and oxygen atoms in total. The zero-order valence-corrected chi connectivity index (χ0v) is 9.35. The number of nitrogens with one attached hydrogen (secondary N) is 1.